The average molecular weight is 231 g/mol. The van der Waals surface area contributed by atoms with E-state index in [1.165, 1.54) is 24.4 Å². The molecule has 0 aliphatic carbocycles. The first-order valence-corrected chi connectivity index (χ1v) is 5.04. The molecule has 1 N–H and O–H groups in total. The van der Waals surface area contributed by atoms with Gasteiger partial charge in [0.15, 0.2) is 0 Å². The smallest absolute Gasteiger partial charge is 0.337 e. The Morgan fingerprint density at radius 1 is 1.35 bits per heavy atom. The van der Waals surface area contributed by atoms with Gasteiger partial charge in [-0.05, 0) is 42.8 Å². The second kappa shape index (κ2) is 4.33. The van der Waals surface area contributed by atoms with Crippen molar-refractivity contribution in [1.29, 1.82) is 0 Å². The molecule has 17 heavy (non-hydrogen) atoms. The summed E-state index contributed by atoms with van der Waals surface area (Å²) in [6, 6.07) is 7.46. The van der Waals surface area contributed by atoms with E-state index in [9.17, 15) is 9.18 Å². The number of pyridine rings is 1. The number of aromatic nitrogens is 1. The van der Waals surface area contributed by atoms with Gasteiger partial charge in [0, 0.05) is 11.8 Å². The Labute approximate surface area is 97.6 Å². The summed E-state index contributed by atoms with van der Waals surface area (Å²) in [5, 5.41) is 9.04. The molecule has 0 spiro atoms. The molecule has 1 aromatic carbocycles. The van der Waals surface area contributed by atoms with E-state index in [2.05, 4.69) is 4.98 Å². The van der Waals surface area contributed by atoms with Gasteiger partial charge in [-0.2, -0.15) is 0 Å². The minimum atomic E-state index is -1.05. The van der Waals surface area contributed by atoms with Crippen LogP contribution in [0.25, 0.3) is 11.3 Å². The lowest BCUT2D eigenvalue weighted by molar-refractivity contribution is 0.0697. The zero-order valence-corrected chi connectivity index (χ0v) is 9.14. The fourth-order valence-electron chi connectivity index (χ4n) is 1.60. The molecule has 4 heteroatoms. The van der Waals surface area contributed by atoms with Crippen LogP contribution in [0.15, 0.2) is 36.5 Å². The van der Waals surface area contributed by atoms with Crippen LogP contribution in [-0.4, -0.2) is 16.1 Å². The van der Waals surface area contributed by atoms with Gasteiger partial charge in [0.2, 0.25) is 0 Å². The van der Waals surface area contributed by atoms with Crippen LogP contribution in [-0.2, 0) is 0 Å². The van der Waals surface area contributed by atoms with Crippen molar-refractivity contribution in [2.75, 3.05) is 0 Å². The van der Waals surface area contributed by atoms with Crippen molar-refractivity contribution in [3.63, 3.8) is 0 Å². The van der Waals surface area contributed by atoms with E-state index in [0.29, 0.717) is 16.8 Å². The van der Waals surface area contributed by atoms with Crippen molar-refractivity contribution in [2.45, 2.75) is 6.92 Å². The lowest BCUT2D eigenvalue weighted by atomic mass is 10.0. The van der Waals surface area contributed by atoms with Crippen LogP contribution in [0.1, 0.15) is 15.9 Å². The number of rotatable bonds is 2. The molecule has 0 aliphatic rings. The first-order valence-electron chi connectivity index (χ1n) is 5.04. The van der Waals surface area contributed by atoms with E-state index in [4.69, 9.17) is 5.11 Å². The van der Waals surface area contributed by atoms with Crippen molar-refractivity contribution >= 4 is 5.97 Å². The third-order valence-corrected chi connectivity index (χ3v) is 2.47. The first-order chi connectivity index (χ1) is 8.09. The van der Waals surface area contributed by atoms with Crippen molar-refractivity contribution in [3.05, 3.63) is 53.5 Å². The minimum Gasteiger partial charge on any atom is -0.478 e. The predicted octanol–water partition coefficient (Wildman–Crippen LogP) is 2.89. The Bertz CT molecular complexity index is 581. The molecule has 0 unspecified atom stereocenters. The zero-order chi connectivity index (χ0) is 12.4. The second-order valence-electron chi connectivity index (χ2n) is 3.67. The molecular weight excluding hydrogens is 221 g/mol. The van der Waals surface area contributed by atoms with Gasteiger partial charge in [0.1, 0.15) is 5.82 Å². The molecule has 0 saturated heterocycles. The maximum Gasteiger partial charge on any atom is 0.337 e. The number of aromatic carboxylic acids is 1. The third kappa shape index (κ3) is 2.15. The molecule has 1 heterocycles. The standard InChI is InChI=1S/C13H10FNO2/c1-8-7-9(4-5-11(8)14)12-10(13(16)17)3-2-6-15-12/h2-7H,1H3,(H,16,17). The summed E-state index contributed by atoms with van der Waals surface area (Å²) in [4.78, 5) is 15.1. The number of carboxylic acid groups (broad SMARTS) is 1. The topological polar surface area (TPSA) is 50.2 Å². The van der Waals surface area contributed by atoms with Crippen molar-refractivity contribution < 1.29 is 14.3 Å². The Hall–Kier alpha value is -2.23. The quantitative estimate of drug-likeness (QED) is 0.864. The van der Waals surface area contributed by atoms with Gasteiger partial charge in [-0.3, -0.25) is 4.98 Å². The third-order valence-electron chi connectivity index (χ3n) is 2.47. The molecule has 0 radical (unpaired) electrons. The normalized spacial score (nSPS) is 10.2. The maximum atomic E-state index is 13.1. The van der Waals surface area contributed by atoms with E-state index in [1.807, 2.05) is 0 Å². The van der Waals surface area contributed by atoms with E-state index < -0.39 is 5.97 Å². The lowest BCUT2D eigenvalue weighted by Gasteiger charge is -2.06. The van der Waals surface area contributed by atoms with Crippen LogP contribution in [0.4, 0.5) is 4.39 Å². The van der Waals surface area contributed by atoms with Crippen LogP contribution < -0.4 is 0 Å². The highest BCUT2D eigenvalue weighted by molar-refractivity contribution is 5.94. The predicted molar refractivity (Wildman–Crippen MR) is 61.3 cm³/mol. The summed E-state index contributed by atoms with van der Waals surface area (Å²) < 4.78 is 13.1. The summed E-state index contributed by atoms with van der Waals surface area (Å²) in [5.41, 5.74) is 1.52. The van der Waals surface area contributed by atoms with Crippen LogP contribution in [0, 0.1) is 12.7 Å². The molecule has 0 bridgehead atoms. The zero-order valence-electron chi connectivity index (χ0n) is 9.14. The van der Waals surface area contributed by atoms with Gasteiger partial charge in [-0.25, -0.2) is 9.18 Å². The number of benzene rings is 1. The molecule has 0 saturated carbocycles. The summed E-state index contributed by atoms with van der Waals surface area (Å²) in [6.45, 7) is 1.63. The number of aryl methyl sites for hydroxylation is 1. The Morgan fingerprint density at radius 2 is 2.12 bits per heavy atom. The maximum absolute atomic E-state index is 13.1. The number of halogens is 1. The van der Waals surface area contributed by atoms with Crippen LogP contribution >= 0.6 is 0 Å². The fourth-order valence-corrected chi connectivity index (χ4v) is 1.60. The molecule has 3 nitrogen and oxygen atoms in total. The van der Waals surface area contributed by atoms with Crippen molar-refractivity contribution in [2.24, 2.45) is 0 Å². The van der Waals surface area contributed by atoms with Gasteiger partial charge in [-0.15, -0.1) is 0 Å². The van der Waals surface area contributed by atoms with Crippen LogP contribution in [0.3, 0.4) is 0 Å². The highest BCUT2D eigenvalue weighted by atomic mass is 19.1. The van der Waals surface area contributed by atoms with E-state index in [0.717, 1.165) is 0 Å². The summed E-state index contributed by atoms with van der Waals surface area (Å²) in [5.74, 6) is -1.36. The van der Waals surface area contributed by atoms with Gasteiger partial charge in [0.25, 0.3) is 0 Å². The average Bonchev–Trinajstić information content (AvgIpc) is 2.32. The molecule has 0 atom stereocenters. The van der Waals surface area contributed by atoms with Gasteiger partial charge in [0.05, 0.1) is 11.3 Å². The van der Waals surface area contributed by atoms with E-state index in [-0.39, 0.29) is 11.4 Å². The Morgan fingerprint density at radius 3 is 2.76 bits per heavy atom. The highest BCUT2D eigenvalue weighted by Crippen LogP contribution is 2.23. The number of hydrogen-bond donors (Lipinski definition) is 1. The largest absolute Gasteiger partial charge is 0.478 e. The van der Waals surface area contributed by atoms with Crippen molar-refractivity contribution in [1.82, 2.24) is 4.98 Å². The summed E-state index contributed by atoms with van der Waals surface area (Å²) in [6.07, 6.45) is 1.51. The Balaban J connectivity index is 2.60. The summed E-state index contributed by atoms with van der Waals surface area (Å²) in [7, 11) is 0. The monoisotopic (exact) mass is 231 g/mol. The first kappa shape index (κ1) is 11.3. The molecule has 0 aliphatic heterocycles. The molecule has 0 fully saturated rings. The number of carbonyl (C=O) groups is 1. The highest BCUT2D eigenvalue weighted by Gasteiger charge is 2.12. The molecular formula is C13H10FNO2. The van der Waals surface area contributed by atoms with Crippen LogP contribution in [0.5, 0.6) is 0 Å². The molecule has 2 aromatic rings. The Kier molecular flexibility index (Phi) is 2.87. The molecule has 0 amide bonds. The number of nitrogens with zero attached hydrogens (tertiary/aromatic N) is 1. The van der Waals surface area contributed by atoms with E-state index in [1.54, 1.807) is 19.1 Å². The SMILES string of the molecule is Cc1cc(-c2ncccc2C(=O)O)ccc1F. The number of carboxylic acids is 1. The van der Waals surface area contributed by atoms with E-state index >= 15 is 0 Å². The minimum absolute atomic E-state index is 0.110. The second-order valence-corrected chi connectivity index (χ2v) is 3.67. The molecule has 1 aromatic heterocycles. The van der Waals surface area contributed by atoms with Gasteiger partial charge >= 0.3 is 5.97 Å². The molecule has 2 rings (SSSR count). The molecule has 86 valence electrons. The summed E-state index contributed by atoms with van der Waals surface area (Å²) >= 11 is 0. The van der Waals surface area contributed by atoms with Gasteiger partial charge < -0.3 is 5.11 Å². The van der Waals surface area contributed by atoms with Crippen LogP contribution in [0.2, 0.25) is 0 Å². The van der Waals surface area contributed by atoms with Crippen molar-refractivity contribution in [3.8, 4) is 11.3 Å². The fraction of sp³-hybridized carbons (Fsp3) is 0.0769. The number of hydrogen-bond acceptors (Lipinski definition) is 2. The lowest BCUT2D eigenvalue weighted by Crippen LogP contribution is -2.01. The van der Waals surface area contributed by atoms with Gasteiger partial charge in [-0.1, -0.05) is 0 Å².